The van der Waals surface area contributed by atoms with Crippen LogP contribution in [-0.4, -0.2) is 6.54 Å². The normalized spacial score (nSPS) is 10.7. The predicted octanol–water partition coefficient (Wildman–Crippen LogP) is 3.57. The molecule has 0 aliphatic heterocycles. The number of benzene rings is 1. The van der Waals surface area contributed by atoms with Gasteiger partial charge in [0.25, 0.3) is 0 Å². The van der Waals surface area contributed by atoms with Crippen LogP contribution in [0.3, 0.4) is 0 Å². The maximum absolute atomic E-state index is 5.68. The van der Waals surface area contributed by atoms with Gasteiger partial charge < -0.3 is 10.1 Å². The third-order valence-corrected chi connectivity index (χ3v) is 3.55. The second-order valence-electron chi connectivity index (χ2n) is 4.17. The van der Waals surface area contributed by atoms with Crippen LogP contribution >= 0.6 is 11.3 Å². The number of hydrogen-bond acceptors (Lipinski definition) is 3. The topological polar surface area (TPSA) is 21.3 Å². The fourth-order valence-corrected chi connectivity index (χ4v) is 2.33. The zero-order valence-corrected chi connectivity index (χ0v) is 11.5. The molecule has 0 spiro atoms. The maximum Gasteiger partial charge on any atom is 0.0813 e. The summed E-state index contributed by atoms with van der Waals surface area (Å²) >= 11 is 1.74. The summed E-state index contributed by atoms with van der Waals surface area (Å²) in [5, 5.41) is 5.39. The van der Waals surface area contributed by atoms with Crippen LogP contribution < -0.4 is 5.32 Å². The van der Waals surface area contributed by atoms with Crippen molar-refractivity contribution >= 4 is 11.3 Å². The molecule has 0 fully saturated rings. The Morgan fingerprint density at radius 3 is 2.50 bits per heavy atom. The molecule has 0 radical (unpaired) electrons. The zero-order chi connectivity index (χ0) is 12.6. The first kappa shape index (κ1) is 13.3. The first-order chi connectivity index (χ1) is 8.88. The highest BCUT2D eigenvalue weighted by Gasteiger charge is 1.97. The van der Waals surface area contributed by atoms with Gasteiger partial charge in [0.1, 0.15) is 0 Å². The lowest BCUT2D eigenvalue weighted by molar-refractivity contribution is 0.109. The second kappa shape index (κ2) is 7.31. The van der Waals surface area contributed by atoms with Crippen molar-refractivity contribution in [2.75, 3.05) is 6.54 Å². The molecular weight excluding hydrogens is 242 g/mol. The summed E-state index contributed by atoms with van der Waals surface area (Å²) in [6.45, 7) is 5.45. The van der Waals surface area contributed by atoms with E-state index in [0.29, 0.717) is 13.2 Å². The molecule has 0 aliphatic carbocycles. The summed E-state index contributed by atoms with van der Waals surface area (Å²) in [7, 11) is 0. The number of hydrogen-bond donors (Lipinski definition) is 1. The van der Waals surface area contributed by atoms with Crippen molar-refractivity contribution in [2.24, 2.45) is 0 Å². The van der Waals surface area contributed by atoms with Gasteiger partial charge in [-0.2, -0.15) is 0 Å². The molecule has 1 N–H and O–H groups in total. The Balaban J connectivity index is 1.75. The monoisotopic (exact) mass is 261 g/mol. The van der Waals surface area contributed by atoms with Gasteiger partial charge in [-0.05, 0) is 29.1 Å². The van der Waals surface area contributed by atoms with E-state index in [2.05, 4.69) is 54.0 Å². The van der Waals surface area contributed by atoms with Gasteiger partial charge in [0.15, 0.2) is 0 Å². The Kier molecular flexibility index (Phi) is 5.39. The summed E-state index contributed by atoms with van der Waals surface area (Å²) in [6.07, 6.45) is 0. The summed E-state index contributed by atoms with van der Waals surface area (Å²) < 4.78 is 5.68. The highest BCUT2D eigenvalue weighted by Crippen LogP contribution is 2.12. The largest absolute Gasteiger partial charge is 0.371 e. The van der Waals surface area contributed by atoms with Crippen LogP contribution in [0.1, 0.15) is 22.9 Å². The minimum Gasteiger partial charge on any atom is -0.371 e. The molecule has 96 valence electrons. The molecule has 1 aromatic heterocycles. The highest BCUT2D eigenvalue weighted by atomic mass is 32.1. The lowest BCUT2D eigenvalue weighted by Gasteiger charge is -2.05. The molecule has 0 atom stereocenters. The third kappa shape index (κ3) is 4.26. The SMILES string of the molecule is CCNCc1ccc(COCc2cccs2)cc1. The van der Waals surface area contributed by atoms with Crippen LogP contribution in [0.4, 0.5) is 0 Å². The van der Waals surface area contributed by atoms with Gasteiger partial charge in [-0.3, -0.25) is 0 Å². The standard InChI is InChI=1S/C15H19NOS/c1-2-16-10-13-5-7-14(8-6-13)11-17-12-15-4-3-9-18-15/h3-9,16H,2,10-12H2,1H3. The molecule has 2 rings (SSSR count). The maximum atomic E-state index is 5.68. The number of nitrogens with one attached hydrogen (secondary N) is 1. The minimum atomic E-state index is 0.680. The van der Waals surface area contributed by atoms with Crippen molar-refractivity contribution in [3.63, 3.8) is 0 Å². The van der Waals surface area contributed by atoms with Crippen molar-refractivity contribution in [2.45, 2.75) is 26.7 Å². The van der Waals surface area contributed by atoms with Gasteiger partial charge in [0.05, 0.1) is 13.2 Å². The number of rotatable bonds is 7. The van der Waals surface area contributed by atoms with Gasteiger partial charge in [0.2, 0.25) is 0 Å². The van der Waals surface area contributed by atoms with E-state index in [4.69, 9.17) is 4.74 Å². The average Bonchev–Trinajstić information content (AvgIpc) is 2.91. The van der Waals surface area contributed by atoms with E-state index >= 15 is 0 Å². The van der Waals surface area contributed by atoms with Crippen molar-refractivity contribution in [1.29, 1.82) is 0 Å². The van der Waals surface area contributed by atoms with Crippen molar-refractivity contribution in [3.05, 3.63) is 57.8 Å². The van der Waals surface area contributed by atoms with Crippen LogP contribution in [-0.2, 0) is 24.5 Å². The molecule has 0 saturated heterocycles. The van der Waals surface area contributed by atoms with E-state index in [1.807, 2.05) is 0 Å². The zero-order valence-electron chi connectivity index (χ0n) is 10.7. The molecule has 0 saturated carbocycles. The van der Waals surface area contributed by atoms with Gasteiger partial charge >= 0.3 is 0 Å². The molecule has 1 aromatic carbocycles. The van der Waals surface area contributed by atoms with Crippen molar-refractivity contribution in [3.8, 4) is 0 Å². The Hall–Kier alpha value is -1.16. The van der Waals surface area contributed by atoms with Gasteiger partial charge in [-0.1, -0.05) is 37.3 Å². The average molecular weight is 261 g/mol. The Morgan fingerprint density at radius 2 is 1.83 bits per heavy atom. The summed E-state index contributed by atoms with van der Waals surface area (Å²) in [5.41, 5.74) is 2.55. The van der Waals surface area contributed by atoms with E-state index in [0.717, 1.165) is 13.1 Å². The fourth-order valence-electron chi connectivity index (χ4n) is 1.69. The molecule has 0 bridgehead atoms. The summed E-state index contributed by atoms with van der Waals surface area (Å²) in [6, 6.07) is 12.8. The first-order valence-electron chi connectivity index (χ1n) is 6.27. The molecule has 2 aromatic rings. The summed E-state index contributed by atoms with van der Waals surface area (Å²) in [4.78, 5) is 1.28. The van der Waals surface area contributed by atoms with Crippen LogP contribution in [0.2, 0.25) is 0 Å². The molecule has 18 heavy (non-hydrogen) atoms. The van der Waals surface area contributed by atoms with Gasteiger partial charge in [0, 0.05) is 11.4 Å². The second-order valence-corrected chi connectivity index (χ2v) is 5.20. The molecule has 3 heteroatoms. The van der Waals surface area contributed by atoms with Crippen LogP contribution in [0.25, 0.3) is 0 Å². The molecule has 2 nitrogen and oxygen atoms in total. The lowest BCUT2D eigenvalue weighted by atomic mass is 10.1. The van der Waals surface area contributed by atoms with E-state index in [9.17, 15) is 0 Å². The van der Waals surface area contributed by atoms with Gasteiger partial charge in [-0.25, -0.2) is 0 Å². The van der Waals surface area contributed by atoms with Crippen molar-refractivity contribution < 1.29 is 4.74 Å². The van der Waals surface area contributed by atoms with E-state index in [1.54, 1.807) is 11.3 Å². The molecule has 1 heterocycles. The first-order valence-corrected chi connectivity index (χ1v) is 7.15. The Labute approximate surface area is 113 Å². The number of ether oxygens (including phenoxy) is 1. The highest BCUT2D eigenvalue weighted by molar-refractivity contribution is 7.09. The quantitative estimate of drug-likeness (QED) is 0.822. The molecule has 0 amide bonds. The summed E-state index contributed by atoms with van der Waals surface area (Å²) in [5.74, 6) is 0. The van der Waals surface area contributed by atoms with Gasteiger partial charge in [-0.15, -0.1) is 11.3 Å². The van der Waals surface area contributed by atoms with Crippen LogP contribution in [0.15, 0.2) is 41.8 Å². The van der Waals surface area contributed by atoms with E-state index in [-0.39, 0.29) is 0 Å². The minimum absolute atomic E-state index is 0.680. The van der Waals surface area contributed by atoms with E-state index < -0.39 is 0 Å². The Morgan fingerprint density at radius 1 is 1.06 bits per heavy atom. The van der Waals surface area contributed by atoms with Crippen LogP contribution in [0.5, 0.6) is 0 Å². The Bertz CT molecular complexity index is 436. The van der Waals surface area contributed by atoms with E-state index in [1.165, 1.54) is 16.0 Å². The smallest absolute Gasteiger partial charge is 0.0813 e. The molecule has 0 aliphatic rings. The van der Waals surface area contributed by atoms with Crippen LogP contribution in [0, 0.1) is 0 Å². The molecular formula is C15H19NOS. The third-order valence-electron chi connectivity index (χ3n) is 2.70. The number of thiophene rings is 1. The molecule has 0 unspecified atom stereocenters. The predicted molar refractivity (Wildman–Crippen MR) is 76.6 cm³/mol. The fraction of sp³-hybridized carbons (Fsp3) is 0.333. The lowest BCUT2D eigenvalue weighted by Crippen LogP contribution is -2.11. The van der Waals surface area contributed by atoms with Crippen molar-refractivity contribution in [1.82, 2.24) is 5.32 Å².